The molecule has 20 heavy (non-hydrogen) atoms. The summed E-state index contributed by atoms with van der Waals surface area (Å²) in [6, 6.07) is 0. The number of rotatable bonds is 5. The van der Waals surface area contributed by atoms with Gasteiger partial charge in [0.2, 0.25) is 0 Å². The summed E-state index contributed by atoms with van der Waals surface area (Å²) in [5.74, 6) is 6.72. The maximum absolute atomic E-state index is 3.56. The molecule has 0 aromatic rings. The number of nitrogens with zero attached hydrogens (tertiary/aromatic N) is 4. The Hall–Kier alpha value is -0.383. The fourth-order valence-corrected chi connectivity index (χ4v) is 4.88. The van der Waals surface area contributed by atoms with Gasteiger partial charge in [-0.3, -0.25) is 19.6 Å². The highest BCUT2D eigenvalue weighted by Crippen LogP contribution is 2.18. The van der Waals surface area contributed by atoms with Gasteiger partial charge in [0.05, 0.1) is 13.7 Å². The van der Waals surface area contributed by atoms with E-state index in [1.165, 1.54) is 0 Å². The van der Waals surface area contributed by atoms with E-state index in [-0.39, 0.29) is 5.79 Å². The van der Waals surface area contributed by atoms with Crippen LogP contribution in [0.1, 0.15) is 0 Å². The Morgan fingerprint density at radius 2 is 1.10 bits per heavy atom. The molecule has 0 aliphatic heterocycles. The monoisotopic (exact) mass is 298 g/mol. The average Bonchev–Trinajstić information content (AvgIpc) is 2.19. The van der Waals surface area contributed by atoms with Gasteiger partial charge in [-0.15, -0.1) is 0 Å². The topological polar surface area (TPSA) is 13.0 Å². The average molecular weight is 299 g/mol. The molecule has 0 N–H and O–H groups in total. The highest BCUT2D eigenvalue weighted by atomic mass is 28.3. The van der Waals surface area contributed by atoms with E-state index in [2.05, 4.69) is 107 Å². The van der Waals surface area contributed by atoms with Crippen molar-refractivity contribution >= 4 is 8.07 Å². The Morgan fingerprint density at radius 1 is 0.750 bits per heavy atom. The molecular formula is C15H34N4Si. The molecule has 0 saturated carbocycles. The molecule has 0 aliphatic carbocycles. The van der Waals surface area contributed by atoms with Crippen molar-refractivity contribution in [3.05, 3.63) is 0 Å². The first-order valence-corrected chi connectivity index (χ1v) is 10.7. The van der Waals surface area contributed by atoms with Crippen molar-refractivity contribution in [1.29, 1.82) is 0 Å². The van der Waals surface area contributed by atoms with Crippen LogP contribution in [0.25, 0.3) is 0 Å². The Balaban J connectivity index is 5.76. The quantitative estimate of drug-likeness (QED) is 0.429. The van der Waals surface area contributed by atoms with Crippen molar-refractivity contribution in [3.8, 4) is 11.8 Å². The van der Waals surface area contributed by atoms with Crippen LogP contribution in [-0.4, -0.2) is 95.5 Å². The summed E-state index contributed by atoms with van der Waals surface area (Å²) in [7, 11) is 15.4. The molecular weight excluding hydrogens is 264 g/mol. The molecule has 1 unspecified atom stereocenters. The minimum atomic E-state index is -1.36. The van der Waals surface area contributed by atoms with Gasteiger partial charge in [0.15, 0.2) is 5.79 Å². The highest BCUT2D eigenvalue weighted by Gasteiger charge is 2.37. The molecule has 0 radical (unpaired) electrons. The molecule has 0 heterocycles. The summed E-state index contributed by atoms with van der Waals surface area (Å²) in [6.45, 7) is 7.11. The normalized spacial score (nSPS) is 14.9. The molecule has 0 saturated heterocycles. The maximum Gasteiger partial charge on any atom is 0.194 e. The summed E-state index contributed by atoms with van der Waals surface area (Å²) in [5, 5.41) is 0. The molecule has 5 heteroatoms. The van der Waals surface area contributed by atoms with E-state index in [0.717, 1.165) is 0 Å². The largest absolute Gasteiger partial charge is 0.299 e. The molecule has 4 nitrogen and oxygen atoms in total. The van der Waals surface area contributed by atoms with Crippen LogP contribution in [0.5, 0.6) is 0 Å². The standard InChI is InChI=1S/C15H34N4Si/c1-16(2)14(20(9,10)11)12-13-15(17(3)4,18(5)6)19(7)8/h14H,1-11H3. The van der Waals surface area contributed by atoms with E-state index < -0.39 is 8.07 Å². The second-order valence-corrected chi connectivity index (χ2v) is 12.6. The van der Waals surface area contributed by atoms with Crippen LogP contribution in [-0.2, 0) is 0 Å². The van der Waals surface area contributed by atoms with Gasteiger partial charge < -0.3 is 0 Å². The second-order valence-electron chi connectivity index (χ2n) is 7.32. The third-order valence-electron chi connectivity index (χ3n) is 3.58. The number of hydrogen-bond donors (Lipinski definition) is 0. The Kier molecular flexibility index (Phi) is 6.92. The lowest BCUT2D eigenvalue weighted by Crippen LogP contribution is -2.63. The molecule has 0 aliphatic rings. The first-order chi connectivity index (χ1) is 8.87. The van der Waals surface area contributed by atoms with Gasteiger partial charge in [0.25, 0.3) is 0 Å². The molecule has 118 valence electrons. The van der Waals surface area contributed by atoms with Crippen LogP contribution in [0, 0.1) is 11.8 Å². The Labute approximate surface area is 127 Å². The fourth-order valence-electron chi connectivity index (χ4n) is 2.82. The summed E-state index contributed by atoms with van der Waals surface area (Å²) in [4.78, 5) is 8.75. The van der Waals surface area contributed by atoms with E-state index in [9.17, 15) is 0 Å². The van der Waals surface area contributed by atoms with Gasteiger partial charge in [-0.25, -0.2) is 0 Å². The van der Waals surface area contributed by atoms with E-state index >= 15 is 0 Å². The van der Waals surface area contributed by atoms with Crippen LogP contribution < -0.4 is 0 Å². The van der Waals surface area contributed by atoms with Crippen molar-refractivity contribution in [2.24, 2.45) is 0 Å². The predicted octanol–water partition coefficient (Wildman–Crippen LogP) is 1.14. The first kappa shape index (κ1) is 19.6. The molecule has 0 aromatic carbocycles. The lowest BCUT2D eigenvalue weighted by atomic mass is 10.2. The van der Waals surface area contributed by atoms with Gasteiger partial charge in [0, 0.05) is 0 Å². The molecule has 0 fully saturated rings. The molecule has 0 spiro atoms. The summed E-state index contributed by atoms with van der Waals surface area (Å²) >= 11 is 0. The minimum Gasteiger partial charge on any atom is -0.299 e. The lowest BCUT2D eigenvalue weighted by Gasteiger charge is -2.45. The predicted molar refractivity (Wildman–Crippen MR) is 92.4 cm³/mol. The van der Waals surface area contributed by atoms with Crippen molar-refractivity contribution < 1.29 is 0 Å². The van der Waals surface area contributed by atoms with E-state index in [4.69, 9.17) is 0 Å². The number of hydrogen-bond acceptors (Lipinski definition) is 4. The summed E-state index contributed by atoms with van der Waals surface area (Å²) in [6.07, 6.45) is 0. The van der Waals surface area contributed by atoms with Crippen molar-refractivity contribution in [3.63, 3.8) is 0 Å². The van der Waals surface area contributed by atoms with Crippen molar-refractivity contribution in [1.82, 2.24) is 19.6 Å². The van der Waals surface area contributed by atoms with Crippen LogP contribution >= 0.6 is 0 Å². The van der Waals surface area contributed by atoms with Gasteiger partial charge in [-0.2, -0.15) is 0 Å². The van der Waals surface area contributed by atoms with Gasteiger partial charge in [-0.05, 0) is 62.3 Å². The van der Waals surface area contributed by atoms with Gasteiger partial charge >= 0.3 is 0 Å². The lowest BCUT2D eigenvalue weighted by molar-refractivity contribution is -0.0571. The zero-order valence-corrected chi connectivity index (χ0v) is 16.4. The van der Waals surface area contributed by atoms with Crippen LogP contribution in [0.4, 0.5) is 0 Å². The molecule has 0 aromatic heterocycles. The van der Waals surface area contributed by atoms with Crippen molar-refractivity contribution in [2.75, 3.05) is 56.4 Å². The molecule has 0 bridgehead atoms. The van der Waals surface area contributed by atoms with Crippen LogP contribution in [0.3, 0.4) is 0 Å². The van der Waals surface area contributed by atoms with Crippen LogP contribution in [0.2, 0.25) is 19.6 Å². The summed E-state index contributed by atoms with van der Waals surface area (Å²) < 4.78 is 0. The Bertz CT molecular complexity index is 337. The second kappa shape index (κ2) is 7.06. The zero-order valence-electron chi connectivity index (χ0n) is 15.4. The van der Waals surface area contributed by atoms with E-state index in [0.29, 0.717) is 5.67 Å². The molecule has 1 atom stereocenters. The van der Waals surface area contributed by atoms with E-state index in [1.807, 2.05) is 0 Å². The van der Waals surface area contributed by atoms with E-state index in [1.54, 1.807) is 0 Å². The van der Waals surface area contributed by atoms with Crippen LogP contribution in [0.15, 0.2) is 0 Å². The third-order valence-corrected chi connectivity index (χ3v) is 5.89. The van der Waals surface area contributed by atoms with Gasteiger partial charge in [0.1, 0.15) is 0 Å². The first-order valence-electron chi connectivity index (χ1n) is 7.08. The third kappa shape index (κ3) is 4.30. The minimum absolute atomic E-state index is 0.349. The molecule has 0 rings (SSSR count). The summed E-state index contributed by atoms with van der Waals surface area (Å²) in [5.41, 5.74) is 0.349. The highest BCUT2D eigenvalue weighted by molar-refractivity contribution is 6.78. The zero-order chi connectivity index (χ0) is 16.3. The molecule has 0 amide bonds. The van der Waals surface area contributed by atoms with Gasteiger partial charge in [-0.1, -0.05) is 25.6 Å². The smallest absolute Gasteiger partial charge is 0.194 e. The SMILES string of the molecule is CN(C)C(C#CC(N(C)C)(N(C)C)N(C)C)[Si](C)(C)C. The van der Waals surface area contributed by atoms with Crippen molar-refractivity contribution in [2.45, 2.75) is 31.1 Å². The Morgan fingerprint density at radius 3 is 1.30 bits per heavy atom. The maximum atomic E-state index is 3.56. The fraction of sp³-hybridized carbons (Fsp3) is 0.867.